The molecule has 0 aromatic heterocycles. The number of nitrogens with zero attached hydrogens (tertiary/aromatic N) is 1. The smallest absolute Gasteiger partial charge is 0.271 e. The van der Waals surface area contributed by atoms with Crippen molar-refractivity contribution in [3.8, 4) is 11.5 Å². The van der Waals surface area contributed by atoms with E-state index in [2.05, 4.69) is 10.5 Å². The molecule has 0 aliphatic heterocycles. The Labute approximate surface area is 128 Å². The van der Waals surface area contributed by atoms with E-state index in [1.54, 1.807) is 19.1 Å². The average molecular weight is 298 g/mol. The van der Waals surface area contributed by atoms with Gasteiger partial charge in [0.1, 0.15) is 11.5 Å². The van der Waals surface area contributed by atoms with Crippen LogP contribution in [0.15, 0.2) is 47.6 Å². The number of nitrogens with one attached hydrogen (secondary N) is 1. The molecule has 3 N–H and O–H groups in total. The number of carbonyl (C=O) groups is 1. The molecule has 2 aromatic carbocycles. The summed E-state index contributed by atoms with van der Waals surface area (Å²) < 4.78 is 0. The molecule has 0 aliphatic rings. The van der Waals surface area contributed by atoms with E-state index in [0.29, 0.717) is 16.8 Å². The van der Waals surface area contributed by atoms with Crippen molar-refractivity contribution in [2.24, 2.45) is 5.10 Å². The van der Waals surface area contributed by atoms with Gasteiger partial charge in [0.2, 0.25) is 0 Å². The normalized spacial score (nSPS) is 11.3. The number of amides is 1. The molecule has 0 saturated carbocycles. The molecule has 0 unspecified atom stereocenters. The maximum atomic E-state index is 12.0. The van der Waals surface area contributed by atoms with Crippen LogP contribution < -0.4 is 5.43 Å². The summed E-state index contributed by atoms with van der Waals surface area (Å²) in [4.78, 5) is 12.0. The van der Waals surface area contributed by atoms with Gasteiger partial charge in [-0.25, -0.2) is 5.43 Å². The van der Waals surface area contributed by atoms with Gasteiger partial charge in [0.25, 0.3) is 5.91 Å². The zero-order chi connectivity index (χ0) is 16.1. The lowest BCUT2D eigenvalue weighted by molar-refractivity contribution is 0.0955. The van der Waals surface area contributed by atoms with Crippen LogP contribution in [0.3, 0.4) is 0 Å². The zero-order valence-corrected chi connectivity index (χ0v) is 12.5. The van der Waals surface area contributed by atoms with Crippen LogP contribution in [0.5, 0.6) is 11.5 Å². The quantitative estimate of drug-likeness (QED) is 0.599. The summed E-state index contributed by atoms with van der Waals surface area (Å²) in [5, 5.41) is 23.0. The Balaban J connectivity index is 2.10. The summed E-state index contributed by atoms with van der Waals surface area (Å²) in [5.41, 5.74) is 5.01. The number of hydrogen-bond donors (Lipinski definition) is 3. The van der Waals surface area contributed by atoms with Gasteiger partial charge in [-0.05, 0) is 43.2 Å². The summed E-state index contributed by atoms with van der Waals surface area (Å²) in [6.07, 6.45) is 0.916. The third-order valence-electron chi connectivity index (χ3n) is 3.32. The largest absolute Gasteiger partial charge is 0.508 e. The molecule has 5 heteroatoms. The Morgan fingerprint density at radius 2 is 1.82 bits per heavy atom. The SMILES string of the molecule is CCc1ccc(C(=O)N/N=C(\C)c2ccc(O)cc2O)cc1. The van der Waals surface area contributed by atoms with E-state index in [1.807, 2.05) is 19.1 Å². The van der Waals surface area contributed by atoms with Crippen molar-refractivity contribution in [1.82, 2.24) is 5.43 Å². The van der Waals surface area contributed by atoms with Crippen molar-refractivity contribution >= 4 is 11.6 Å². The first-order valence-corrected chi connectivity index (χ1v) is 6.97. The number of carbonyl (C=O) groups excluding carboxylic acids is 1. The number of hydrogen-bond acceptors (Lipinski definition) is 4. The highest BCUT2D eigenvalue weighted by atomic mass is 16.3. The van der Waals surface area contributed by atoms with Gasteiger partial charge in [-0.3, -0.25) is 4.79 Å². The summed E-state index contributed by atoms with van der Waals surface area (Å²) >= 11 is 0. The van der Waals surface area contributed by atoms with Crippen molar-refractivity contribution in [2.75, 3.05) is 0 Å². The molecule has 5 nitrogen and oxygen atoms in total. The first-order chi connectivity index (χ1) is 10.5. The van der Waals surface area contributed by atoms with Crippen LogP contribution >= 0.6 is 0 Å². The summed E-state index contributed by atoms with van der Waals surface area (Å²) in [6, 6.07) is 11.5. The van der Waals surface area contributed by atoms with Gasteiger partial charge in [0.05, 0.1) is 5.71 Å². The Kier molecular flexibility index (Phi) is 4.78. The lowest BCUT2D eigenvalue weighted by Crippen LogP contribution is -2.19. The molecule has 1 amide bonds. The zero-order valence-electron chi connectivity index (χ0n) is 12.5. The number of phenolic OH excluding ortho intramolecular Hbond substituents is 2. The van der Waals surface area contributed by atoms with E-state index in [-0.39, 0.29) is 17.4 Å². The molecule has 2 rings (SSSR count). The number of aryl methyl sites for hydroxylation is 1. The van der Waals surface area contributed by atoms with Crippen molar-refractivity contribution in [3.63, 3.8) is 0 Å². The van der Waals surface area contributed by atoms with Crippen molar-refractivity contribution in [3.05, 3.63) is 59.2 Å². The average Bonchev–Trinajstić information content (AvgIpc) is 2.52. The van der Waals surface area contributed by atoms with Crippen LogP contribution in [-0.4, -0.2) is 21.8 Å². The van der Waals surface area contributed by atoms with Crippen LogP contribution in [0, 0.1) is 0 Å². The fraction of sp³-hybridized carbons (Fsp3) is 0.176. The topological polar surface area (TPSA) is 81.9 Å². The maximum absolute atomic E-state index is 12.0. The Morgan fingerprint density at radius 3 is 2.41 bits per heavy atom. The molecule has 0 fully saturated rings. The highest BCUT2D eigenvalue weighted by molar-refractivity contribution is 6.02. The van der Waals surface area contributed by atoms with Crippen LogP contribution in [0.4, 0.5) is 0 Å². The fourth-order valence-electron chi connectivity index (χ4n) is 1.98. The summed E-state index contributed by atoms with van der Waals surface area (Å²) in [6.45, 7) is 3.71. The molecule has 2 aromatic rings. The number of hydrazone groups is 1. The second-order valence-corrected chi connectivity index (χ2v) is 4.89. The second kappa shape index (κ2) is 6.76. The monoisotopic (exact) mass is 298 g/mol. The van der Waals surface area contributed by atoms with E-state index in [1.165, 1.54) is 18.2 Å². The van der Waals surface area contributed by atoms with E-state index >= 15 is 0 Å². The maximum Gasteiger partial charge on any atom is 0.271 e. The number of rotatable bonds is 4. The van der Waals surface area contributed by atoms with Gasteiger partial charge >= 0.3 is 0 Å². The van der Waals surface area contributed by atoms with Crippen LogP contribution in [0.2, 0.25) is 0 Å². The highest BCUT2D eigenvalue weighted by Gasteiger charge is 2.08. The number of aromatic hydroxyl groups is 2. The molecule has 114 valence electrons. The van der Waals surface area contributed by atoms with Crippen LogP contribution in [0.25, 0.3) is 0 Å². The van der Waals surface area contributed by atoms with E-state index < -0.39 is 0 Å². The molecular weight excluding hydrogens is 280 g/mol. The minimum Gasteiger partial charge on any atom is -0.508 e. The molecule has 0 bridgehead atoms. The Bertz CT molecular complexity index is 706. The fourth-order valence-corrected chi connectivity index (χ4v) is 1.98. The minimum atomic E-state index is -0.319. The minimum absolute atomic E-state index is 0.0332. The molecule has 0 aliphatic carbocycles. The highest BCUT2D eigenvalue weighted by Crippen LogP contribution is 2.22. The first kappa shape index (κ1) is 15.6. The molecule has 22 heavy (non-hydrogen) atoms. The van der Waals surface area contributed by atoms with Gasteiger partial charge in [-0.1, -0.05) is 19.1 Å². The molecule has 0 spiro atoms. The number of benzene rings is 2. The molecule has 0 saturated heterocycles. The standard InChI is InChI=1S/C17H18N2O3/c1-3-12-4-6-13(7-5-12)17(22)19-18-11(2)15-9-8-14(20)10-16(15)21/h4-10,20-21H,3H2,1-2H3,(H,19,22)/b18-11+. The lowest BCUT2D eigenvalue weighted by atomic mass is 10.1. The third-order valence-corrected chi connectivity index (χ3v) is 3.32. The molecular formula is C17H18N2O3. The van der Waals surface area contributed by atoms with Crippen molar-refractivity contribution in [2.45, 2.75) is 20.3 Å². The van der Waals surface area contributed by atoms with E-state index in [9.17, 15) is 15.0 Å². The summed E-state index contributed by atoms with van der Waals surface area (Å²) in [7, 11) is 0. The Morgan fingerprint density at radius 1 is 1.14 bits per heavy atom. The van der Waals surface area contributed by atoms with Crippen molar-refractivity contribution < 1.29 is 15.0 Å². The van der Waals surface area contributed by atoms with Crippen LogP contribution in [0.1, 0.15) is 35.3 Å². The molecule has 0 atom stereocenters. The molecule has 0 radical (unpaired) electrons. The number of phenols is 2. The van der Waals surface area contributed by atoms with Gasteiger partial charge in [-0.2, -0.15) is 5.10 Å². The summed E-state index contributed by atoms with van der Waals surface area (Å²) in [5.74, 6) is -0.447. The van der Waals surface area contributed by atoms with E-state index in [0.717, 1.165) is 12.0 Å². The third kappa shape index (κ3) is 3.63. The second-order valence-electron chi connectivity index (χ2n) is 4.89. The van der Waals surface area contributed by atoms with Gasteiger partial charge in [0.15, 0.2) is 0 Å². The first-order valence-electron chi connectivity index (χ1n) is 6.97. The lowest BCUT2D eigenvalue weighted by Gasteiger charge is -2.06. The van der Waals surface area contributed by atoms with Gasteiger partial charge in [-0.15, -0.1) is 0 Å². The van der Waals surface area contributed by atoms with Crippen molar-refractivity contribution in [1.29, 1.82) is 0 Å². The van der Waals surface area contributed by atoms with Crippen LogP contribution in [-0.2, 0) is 6.42 Å². The predicted molar refractivity (Wildman–Crippen MR) is 85.3 cm³/mol. The van der Waals surface area contributed by atoms with Gasteiger partial charge in [0, 0.05) is 17.2 Å². The van der Waals surface area contributed by atoms with Gasteiger partial charge < -0.3 is 10.2 Å². The Hall–Kier alpha value is -2.82. The predicted octanol–water partition coefficient (Wildman–Crippen LogP) is 2.81. The molecule has 0 heterocycles. The van der Waals surface area contributed by atoms with E-state index in [4.69, 9.17) is 0 Å².